The third kappa shape index (κ3) is 3.41. The van der Waals surface area contributed by atoms with Gasteiger partial charge in [0, 0.05) is 19.1 Å². The van der Waals surface area contributed by atoms with Crippen LogP contribution in [0.15, 0.2) is 0 Å². The van der Waals surface area contributed by atoms with Crippen LogP contribution in [0.4, 0.5) is 0 Å². The number of sulfone groups is 1. The van der Waals surface area contributed by atoms with Crippen LogP contribution in [0.5, 0.6) is 0 Å². The van der Waals surface area contributed by atoms with Crippen LogP contribution < -0.4 is 5.73 Å². The zero-order valence-corrected chi connectivity index (χ0v) is 11.1. The Morgan fingerprint density at radius 1 is 1.50 bits per heavy atom. The van der Waals surface area contributed by atoms with Crippen molar-refractivity contribution in [2.75, 3.05) is 24.3 Å². The van der Waals surface area contributed by atoms with Gasteiger partial charge in [0.25, 0.3) is 0 Å². The van der Waals surface area contributed by atoms with Gasteiger partial charge in [-0.3, -0.25) is 0 Å². The van der Waals surface area contributed by atoms with E-state index in [0.29, 0.717) is 6.42 Å². The first kappa shape index (κ1) is 13.9. The monoisotopic (exact) mass is 270 g/mol. The van der Waals surface area contributed by atoms with Crippen LogP contribution in [-0.4, -0.2) is 57.5 Å². The Morgan fingerprint density at radius 3 is 2.44 bits per heavy atom. The molecule has 8 heteroatoms. The van der Waals surface area contributed by atoms with Gasteiger partial charge in [-0.15, -0.1) is 0 Å². The fourth-order valence-electron chi connectivity index (χ4n) is 1.74. The molecule has 1 aliphatic heterocycles. The van der Waals surface area contributed by atoms with Crippen molar-refractivity contribution in [2.24, 2.45) is 5.73 Å². The fraction of sp³-hybridized carbons (Fsp3) is 1.00. The second-order valence-corrected chi connectivity index (χ2v) is 8.63. The van der Waals surface area contributed by atoms with Crippen LogP contribution in [-0.2, 0) is 19.9 Å². The largest absolute Gasteiger partial charge is 0.327 e. The summed E-state index contributed by atoms with van der Waals surface area (Å²) in [5.74, 6) is -0.169. The van der Waals surface area contributed by atoms with Crippen LogP contribution in [0.1, 0.15) is 13.3 Å². The quantitative estimate of drug-likeness (QED) is 0.690. The molecule has 1 heterocycles. The molecule has 0 spiro atoms. The van der Waals surface area contributed by atoms with E-state index in [4.69, 9.17) is 5.73 Å². The molecule has 1 fully saturated rings. The Hall–Kier alpha value is -0.180. The van der Waals surface area contributed by atoms with Gasteiger partial charge in [-0.05, 0) is 13.3 Å². The highest BCUT2D eigenvalue weighted by atomic mass is 32.2. The lowest BCUT2D eigenvalue weighted by Gasteiger charge is -2.23. The molecule has 0 saturated carbocycles. The first-order chi connectivity index (χ1) is 7.14. The third-order valence-electron chi connectivity index (χ3n) is 2.63. The highest BCUT2D eigenvalue weighted by Gasteiger charge is 2.35. The van der Waals surface area contributed by atoms with E-state index in [1.807, 2.05) is 0 Å². The number of sulfonamides is 1. The molecule has 0 aromatic carbocycles. The lowest BCUT2D eigenvalue weighted by molar-refractivity contribution is 0.392. The molecule has 2 atom stereocenters. The molecule has 0 radical (unpaired) electrons. The lowest BCUT2D eigenvalue weighted by atomic mass is 10.3. The van der Waals surface area contributed by atoms with E-state index in [2.05, 4.69) is 0 Å². The normalized spacial score (nSPS) is 27.1. The minimum absolute atomic E-state index is 0.0652. The van der Waals surface area contributed by atoms with Crippen molar-refractivity contribution in [1.82, 2.24) is 4.31 Å². The molecule has 6 nitrogen and oxygen atoms in total. The van der Waals surface area contributed by atoms with E-state index in [1.165, 1.54) is 7.05 Å². The van der Waals surface area contributed by atoms with Crippen LogP contribution in [0.2, 0.25) is 0 Å². The van der Waals surface area contributed by atoms with Crippen molar-refractivity contribution in [3.8, 4) is 0 Å². The average Bonchev–Trinajstić information content (AvgIpc) is 2.42. The molecule has 1 saturated heterocycles. The smallest absolute Gasteiger partial charge is 0.215 e. The molecule has 0 aromatic rings. The first-order valence-electron chi connectivity index (χ1n) is 5.06. The Labute approximate surface area is 96.8 Å². The third-order valence-corrected chi connectivity index (χ3v) is 6.51. The van der Waals surface area contributed by atoms with Crippen molar-refractivity contribution in [3.63, 3.8) is 0 Å². The second kappa shape index (κ2) is 4.59. The molecule has 0 amide bonds. The van der Waals surface area contributed by atoms with Gasteiger partial charge in [-0.1, -0.05) is 0 Å². The van der Waals surface area contributed by atoms with Gasteiger partial charge in [0.15, 0.2) is 9.84 Å². The van der Waals surface area contributed by atoms with Crippen molar-refractivity contribution in [1.29, 1.82) is 0 Å². The maximum atomic E-state index is 11.8. The van der Waals surface area contributed by atoms with Crippen LogP contribution in [0.3, 0.4) is 0 Å². The summed E-state index contributed by atoms with van der Waals surface area (Å²) in [4.78, 5) is 0. The number of nitrogens with zero attached hydrogens (tertiary/aromatic N) is 1. The van der Waals surface area contributed by atoms with Crippen molar-refractivity contribution in [3.05, 3.63) is 0 Å². The van der Waals surface area contributed by atoms with Gasteiger partial charge in [-0.25, -0.2) is 21.1 Å². The maximum absolute atomic E-state index is 11.8. The van der Waals surface area contributed by atoms with Gasteiger partial charge < -0.3 is 5.73 Å². The number of rotatable bonds is 4. The van der Waals surface area contributed by atoms with E-state index in [1.54, 1.807) is 6.92 Å². The summed E-state index contributed by atoms with van der Waals surface area (Å²) in [5.41, 5.74) is 5.44. The molecular weight excluding hydrogens is 252 g/mol. The Morgan fingerprint density at radius 2 is 2.06 bits per heavy atom. The van der Waals surface area contributed by atoms with E-state index in [0.717, 1.165) is 4.31 Å². The summed E-state index contributed by atoms with van der Waals surface area (Å²) in [5, 5.41) is 0. The molecule has 1 rings (SSSR count). The Kier molecular flexibility index (Phi) is 3.99. The standard InChI is InChI=1S/C8H18N2O4S2/c1-7(9)5-16(13,14)10(2)8-3-4-15(11,12)6-8/h7-8H,3-6,9H2,1-2H3. The van der Waals surface area contributed by atoms with Crippen LogP contribution in [0.25, 0.3) is 0 Å². The molecule has 96 valence electrons. The first-order valence-corrected chi connectivity index (χ1v) is 8.49. The highest BCUT2D eigenvalue weighted by molar-refractivity contribution is 7.92. The molecule has 0 aromatic heterocycles. The minimum Gasteiger partial charge on any atom is -0.327 e. The van der Waals surface area contributed by atoms with Crippen molar-refractivity contribution in [2.45, 2.75) is 25.4 Å². The van der Waals surface area contributed by atoms with Crippen molar-refractivity contribution < 1.29 is 16.8 Å². The molecular formula is C8H18N2O4S2. The van der Waals surface area contributed by atoms with Gasteiger partial charge in [-0.2, -0.15) is 0 Å². The Bertz CT molecular complexity index is 441. The summed E-state index contributed by atoms with van der Waals surface area (Å²) in [6.45, 7) is 1.61. The lowest BCUT2D eigenvalue weighted by Crippen LogP contribution is -2.42. The summed E-state index contributed by atoms with van der Waals surface area (Å²) in [7, 11) is -5.10. The van der Waals surface area contributed by atoms with Gasteiger partial charge >= 0.3 is 0 Å². The maximum Gasteiger partial charge on any atom is 0.215 e. The summed E-state index contributed by atoms with van der Waals surface area (Å²) < 4.78 is 47.2. The van der Waals surface area contributed by atoms with Crippen molar-refractivity contribution >= 4 is 19.9 Å². The summed E-state index contributed by atoms with van der Waals surface area (Å²) >= 11 is 0. The Balaban J connectivity index is 2.76. The SMILES string of the molecule is CC(N)CS(=O)(=O)N(C)C1CCS(=O)(=O)C1. The topological polar surface area (TPSA) is 97.5 Å². The molecule has 2 N–H and O–H groups in total. The van der Waals surface area contributed by atoms with Gasteiger partial charge in [0.05, 0.1) is 17.3 Å². The number of hydrogen-bond acceptors (Lipinski definition) is 5. The van der Waals surface area contributed by atoms with Gasteiger partial charge in [0.1, 0.15) is 0 Å². The average molecular weight is 270 g/mol. The molecule has 0 aliphatic carbocycles. The second-order valence-electron chi connectivity index (χ2n) is 4.33. The van der Waals surface area contributed by atoms with Crippen LogP contribution in [0, 0.1) is 0 Å². The van der Waals surface area contributed by atoms with Gasteiger partial charge in [0.2, 0.25) is 10.0 Å². The molecule has 0 bridgehead atoms. The number of nitrogens with two attached hydrogens (primary N) is 1. The highest BCUT2D eigenvalue weighted by Crippen LogP contribution is 2.19. The predicted molar refractivity (Wildman–Crippen MR) is 62.3 cm³/mol. The van der Waals surface area contributed by atoms with Crippen LogP contribution >= 0.6 is 0 Å². The zero-order chi connectivity index (χ0) is 12.6. The number of hydrogen-bond donors (Lipinski definition) is 1. The van der Waals surface area contributed by atoms with E-state index in [-0.39, 0.29) is 17.3 Å². The van der Waals surface area contributed by atoms with E-state index in [9.17, 15) is 16.8 Å². The summed E-state index contributed by atoms with van der Waals surface area (Å²) in [6.07, 6.45) is 0.372. The predicted octanol–water partition coefficient (Wildman–Crippen LogP) is -1.22. The molecule has 16 heavy (non-hydrogen) atoms. The van der Waals surface area contributed by atoms with E-state index >= 15 is 0 Å². The fourth-order valence-corrected chi connectivity index (χ4v) is 5.14. The zero-order valence-electron chi connectivity index (χ0n) is 9.46. The molecule has 2 unspecified atom stereocenters. The minimum atomic E-state index is -3.45. The molecule has 1 aliphatic rings. The van der Waals surface area contributed by atoms with E-state index < -0.39 is 31.9 Å². The summed E-state index contributed by atoms with van der Waals surface area (Å²) in [6, 6.07) is -0.890.